The van der Waals surface area contributed by atoms with E-state index in [9.17, 15) is 13.2 Å². The van der Waals surface area contributed by atoms with E-state index in [1.54, 1.807) is 20.8 Å². The zero-order valence-corrected chi connectivity index (χ0v) is 18.9. The minimum absolute atomic E-state index is 0.133. The summed E-state index contributed by atoms with van der Waals surface area (Å²) in [6.45, 7) is 9.76. The lowest BCUT2D eigenvalue weighted by Gasteiger charge is -2.32. The average Bonchev–Trinajstić information content (AvgIpc) is 2.67. The molecule has 6 nitrogen and oxygen atoms in total. The van der Waals surface area contributed by atoms with E-state index in [0.717, 1.165) is 19.0 Å². The highest BCUT2D eigenvalue weighted by Crippen LogP contribution is 2.24. The average molecular weight is 430 g/mol. The van der Waals surface area contributed by atoms with Crippen LogP contribution < -0.4 is 14.9 Å². The van der Waals surface area contributed by atoms with Gasteiger partial charge in [0.2, 0.25) is 10.0 Å². The second-order valence-electron chi connectivity index (χ2n) is 9.05. The van der Waals surface area contributed by atoms with Crippen LogP contribution in [0.4, 0.5) is 11.4 Å². The number of piperidine rings is 1. The smallest absolute Gasteiger partial charge is 0.255 e. The van der Waals surface area contributed by atoms with E-state index in [-0.39, 0.29) is 10.8 Å². The van der Waals surface area contributed by atoms with Crippen LogP contribution in [0.5, 0.6) is 0 Å². The van der Waals surface area contributed by atoms with Crippen LogP contribution in [0.15, 0.2) is 53.4 Å². The molecule has 2 aromatic rings. The highest BCUT2D eigenvalue weighted by Gasteiger charge is 2.22. The topological polar surface area (TPSA) is 78.5 Å². The molecule has 0 aliphatic carbocycles. The van der Waals surface area contributed by atoms with Gasteiger partial charge < -0.3 is 10.2 Å². The fourth-order valence-corrected chi connectivity index (χ4v) is 4.89. The molecule has 0 atom stereocenters. The van der Waals surface area contributed by atoms with Crippen molar-refractivity contribution < 1.29 is 13.2 Å². The van der Waals surface area contributed by atoms with Crippen LogP contribution in [0.2, 0.25) is 0 Å². The molecule has 1 fully saturated rings. The van der Waals surface area contributed by atoms with Gasteiger partial charge in [-0.3, -0.25) is 4.79 Å². The third-order valence-corrected chi connectivity index (χ3v) is 6.92. The van der Waals surface area contributed by atoms with E-state index in [4.69, 9.17) is 0 Å². The lowest BCUT2D eigenvalue weighted by Crippen LogP contribution is -2.40. The number of carbonyl (C=O) groups is 1. The Morgan fingerprint density at radius 1 is 0.967 bits per heavy atom. The zero-order valence-electron chi connectivity index (χ0n) is 18.1. The molecule has 1 saturated heterocycles. The van der Waals surface area contributed by atoms with E-state index >= 15 is 0 Å². The van der Waals surface area contributed by atoms with Gasteiger partial charge in [-0.05, 0) is 88.1 Å². The highest BCUT2D eigenvalue weighted by atomic mass is 32.2. The monoisotopic (exact) mass is 429 g/mol. The van der Waals surface area contributed by atoms with Crippen molar-refractivity contribution in [2.45, 2.75) is 51.0 Å². The Bertz CT molecular complexity index is 970. The van der Waals surface area contributed by atoms with Gasteiger partial charge in [-0.1, -0.05) is 6.92 Å². The molecule has 3 rings (SSSR count). The van der Waals surface area contributed by atoms with Crippen molar-refractivity contribution in [2.24, 2.45) is 5.92 Å². The Morgan fingerprint density at radius 2 is 1.53 bits per heavy atom. The Hall–Kier alpha value is -2.38. The van der Waals surface area contributed by atoms with Crippen LogP contribution in [0.25, 0.3) is 0 Å². The van der Waals surface area contributed by atoms with Crippen molar-refractivity contribution in [3.05, 3.63) is 54.1 Å². The van der Waals surface area contributed by atoms with Gasteiger partial charge in [0.25, 0.3) is 5.91 Å². The SMILES string of the molecule is CC1CCN(c2ccc(NC(=O)c3ccc(S(=O)(=O)NC(C)(C)C)cc3)cc2)CC1. The summed E-state index contributed by atoms with van der Waals surface area (Å²) in [5, 5.41) is 2.87. The summed E-state index contributed by atoms with van der Waals surface area (Å²) in [7, 11) is -3.62. The Balaban J connectivity index is 1.63. The van der Waals surface area contributed by atoms with Crippen molar-refractivity contribution in [1.29, 1.82) is 0 Å². The number of rotatable bonds is 5. The van der Waals surface area contributed by atoms with Gasteiger partial charge in [0.05, 0.1) is 4.90 Å². The maximum atomic E-state index is 12.5. The fourth-order valence-electron chi connectivity index (χ4n) is 3.47. The van der Waals surface area contributed by atoms with Crippen LogP contribution in [-0.4, -0.2) is 33.0 Å². The molecule has 1 amide bonds. The number of hydrogen-bond donors (Lipinski definition) is 2. The highest BCUT2D eigenvalue weighted by molar-refractivity contribution is 7.89. The molecule has 30 heavy (non-hydrogen) atoms. The summed E-state index contributed by atoms with van der Waals surface area (Å²) in [5.41, 5.74) is 1.70. The van der Waals surface area contributed by atoms with Gasteiger partial charge in [-0.2, -0.15) is 0 Å². The molecule has 1 aliphatic heterocycles. The normalized spacial score (nSPS) is 15.8. The fraction of sp³-hybridized carbons (Fsp3) is 0.435. The molecule has 7 heteroatoms. The number of hydrogen-bond acceptors (Lipinski definition) is 4. The van der Waals surface area contributed by atoms with Gasteiger partial charge in [0, 0.05) is 35.6 Å². The lowest BCUT2D eigenvalue weighted by molar-refractivity contribution is 0.102. The molecule has 2 N–H and O–H groups in total. The van der Waals surface area contributed by atoms with Gasteiger partial charge >= 0.3 is 0 Å². The van der Waals surface area contributed by atoms with Crippen LogP contribution in [0.1, 0.15) is 50.9 Å². The first-order chi connectivity index (χ1) is 14.0. The lowest BCUT2D eigenvalue weighted by atomic mass is 9.99. The van der Waals surface area contributed by atoms with E-state index in [1.165, 1.54) is 42.8 Å². The molecule has 1 heterocycles. The van der Waals surface area contributed by atoms with E-state index in [0.29, 0.717) is 11.3 Å². The molecular weight excluding hydrogens is 398 g/mol. The third kappa shape index (κ3) is 5.83. The van der Waals surface area contributed by atoms with Gasteiger partial charge in [0.15, 0.2) is 0 Å². The standard InChI is InChI=1S/C23H31N3O3S/c1-17-13-15-26(16-14-17)20-9-7-19(8-10-20)24-22(27)18-5-11-21(12-6-18)30(28,29)25-23(2,3)4/h5-12,17,25H,13-16H2,1-4H3,(H,24,27). The van der Waals surface area contributed by atoms with E-state index in [2.05, 4.69) is 21.9 Å². The molecule has 0 bridgehead atoms. The van der Waals surface area contributed by atoms with Crippen LogP contribution in [-0.2, 0) is 10.0 Å². The van der Waals surface area contributed by atoms with Gasteiger partial charge in [-0.15, -0.1) is 0 Å². The number of nitrogens with zero attached hydrogens (tertiary/aromatic N) is 1. The van der Waals surface area contributed by atoms with Crippen molar-refractivity contribution in [2.75, 3.05) is 23.3 Å². The summed E-state index contributed by atoms with van der Waals surface area (Å²) in [5.74, 6) is 0.507. The van der Waals surface area contributed by atoms with Crippen LogP contribution >= 0.6 is 0 Å². The molecular formula is C23H31N3O3S. The number of nitrogens with one attached hydrogen (secondary N) is 2. The summed E-state index contributed by atoms with van der Waals surface area (Å²) < 4.78 is 27.4. The second-order valence-corrected chi connectivity index (χ2v) is 10.7. The number of sulfonamides is 1. The van der Waals surface area contributed by atoms with Crippen molar-refractivity contribution in [3.8, 4) is 0 Å². The molecule has 0 spiro atoms. The molecule has 1 aliphatic rings. The first kappa shape index (κ1) is 22.3. The van der Waals surface area contributed by atoms with Crippen molar-refractivity contribution in [3.63, 3.8) is 0 Å². The molecule has 0 radical (unpaired) electrons. The number of carbonyl (C=O) groups excluding carboxylic acids is 1. The molecule has 2 aromatic carbocycles. The Kier molecular flexibility index (Phi) is 6.53. The minimum Gasteiger partial charge on any atom is -0.372 e. The van der Waals surface area contributed by atoms with Gasteiger partial charge in [-0.25, -0.2) is 13.1 Å². The summed E-state index contributed by atoms with van der Waals surface area (Å²) in [6.07, 6.45) is 2.41. The minimum atomic E-state index is -3.62. The number of anilines is 2. The predicted molar refractivity (Wildman–Crippen MR) is 122 cm³/mol. The van der Waals surface area contributed by atoms with E-state index < -0.39 is 15.6 Å². The predicted octanol–water partition coefficient (Wildman–Crippen LogP) is 4.25. The van der Waals surface area contributed by atoms with Crippen LogP contribution in [0.3, 0.4) is 0 Å². The summed E-state index contributed by atoms with van der Waals surface area (Å²) in [6, 6.07) is 13.8. The molecule has 0 saturated carbocycles. The van der Waals surface area contributed by atoms with Crippen LogP contribution in [0, 0.1) is 5.92 Å². The molecule has 0 aromatic heterocycles. The zero-order chi connectivity index (χ0) is 21.9. The number of benzene rings is 2. The number of amides is 1. The quantitative estimate of drug-likeness (QED) is 0.745. The van der Waals surface area contributed by atoms with Crippen molar-refractivity contribution >= 4 is 27.3 Å². The Morgan fingerprint density at radius 3 is 2.07 bits per heavy atom. The van der Waals surface area contributed by atoms with Crippen molar-refractivity contribution in [1.82, 2.24) is 4.72 Å². The largest absolute Gasteiger partial charge is 0.372 e. The first-order valence-corrected chi connectivity index (χ1v) is 11.8. The summed E-state index contributed by atoms with van der Waals surface area (Å²) >= 11 is 0. The maximum absolute atomic E-state index is 12.5. The molecule has 0 unspecified atom stereocenters. The third-order valence-electron chi connectivity index (χ3n) is 5.14. The summed E-state index contributed by atoms with van der Waals surface area (Å²) in [4.78, 5) is 15.0. The second kappa shape index (κ2) is 8.78. The maximum Gasteiger partial charge on any atom is 0.255 e. The first-order valence-electron chi connectivity index (χ1n) is 10.3. The van der Waals surface area contributed by atoms with Gasteiger partial charge in [0.1, 0.15) is 0 Å². The molecule has 162 valence electrons. The Labute approximate surface area is 179 Å². The van der Waals surface area contributed by atoms with E-state index in [1.807, 2.05) is 24.3 Å².